The Morgan fingerprint density at radius 1 is 0.208 bits per heavy atom. The Hall–Kier alpha value is -16.3. The molecule has 15 nitrogen and oxygen atoms in total. The Kier molecular flexibility index (Phi) is 12.2. The third-order valence-corrected chi connectivity index (χ3v) is 27.9. The van der Waals surface area contributed by atoms with E-state index >= 15 is 0 Å². The van der Waals surface area contributed by atoms with Crippen LogP contribution in [0.5, 0.6) is 0 Å². The van der Waals surface area contributed by atoms with Gasteiger partial charge >= 0.3 is 0 Å². The fourth-order valence-corrected chi connectivity index (χ4v) is 21.7. The molecule has 0 atom stereocenters. The maximum absolute atomic E-state index is 5.63. The van der Waals surface area contributed by atoms with Gasteiger partial charge in [-0.2, -0.15) is 0 Å². The van der Waals surface area contributed by atoms with E-state index in [-0.39, 0.29) is 5.41 Å². The van der Waals surface area contributed by atoms with Crippen LogP contribution in [0, 0.1) is 6.92 Å². The summed E-state index contributed by atoms with van der Waals surface area (Å²) in [5, 5.41) is 13.7. The highest BCUT2D eigenvalue weighted by Gasteiger charge is 2.31. The lowest BCUT2D eigenvalue weighted by molar-refractivity contribution is 0.590. The zero-order valence-electron chi connectivity index (χ0n) is 68.7. The molecule has 12 heterocycles. The molecule has 0 aliphatic heterocycles. The fraction of sp³-hybridized carbons (Fsp3) is 0.0727. The lowest BCUT2D eigenvalue weighted by Crippen LogP contribution is -2.10. The maximum Gasteiger partial charge on any atom is 0.223 e. The molecule has 18 aromatic carbocycles. The molecule has 0 saturated carbocycles. The van der Waals surface area contributed by atoms with E-state index in [0.29, 0.717) is 5.92 Å². The predicted molar refractivity (Wildman–Crippen MR) is 513 cm³/mol. The van der Waals surface area contributed by atoms with Crippen LogP contribution < -0.4 is 0 Å². The molecule has 0 spiro atoms. The standard InChI is InChI=1S/C110H69N15/c1-57(2)59-19-12-21-61(33-59)80-53-97-102-98(54-80)121-93-49-77-36-69(70-27-31-74-44-88-94(50-78(74)37-70)122-100-56-81(62-22-13-23-82(38-62)110(4,5)6)55-99-103(100)124(109(122)116-88)105-112-84-40-64-16-8-10-18-66(64)46-90(84)118(99)105)26-30-73(77)43-87(93)115-108(121)125(102)107-114-86-42-72-29-25-68(35-76(72)48-92(86)120(97)107)67-24-28-71-41-85-91(47-75(71)34-67)119-96-52-79(60-20-11-14-58(3)32-60)51-95-101(96)123(106(119)113-85)104-111-83-39-63-15-7-9-17-65(63)45-89(83)117(95)104/h7-57H,1-6H3. The summed E-state index contributed by atoms with van der Waals surface area (Å²) in [5.74, 6) is 5.39. The first-order chi connectivity index (χ1) is 61.2. The van der Waals surface area contributed by atoms with Gasteiger partial charge < -0.3 is 0 Å². The first-order valence-corrected chi connectivity index (χ1v) is 43.1. The number of nitrogens with zero attached hydrogens (tertiary/aromatic N) is 15. The number of aromatic nitrogens is 15. The van der Waals surface area contributed by atoms with Crippen molar-refractivity contribution in [2.24, 2.45) is 0 Å². The molecule has 0 amide bonds. The summed E-state index contributed by atoms with van der Waals surface area (Å²) in [4.78, 5) is 33.2. The van der Waals surface area contributed by atoms with Gasteiger partial charge in [0.25, 0.3) is 0 Å². The van der Waals surface area contributed by atoms with Gasteiger partial charge in [0, 0.05) is 0 Å². The number of hydrogen-bond donors (Lipinski definition) is 0. The average Bonchev–Trinajstić information content (AvgIpc) is 1.52. The maximum atomic E-state index is 5.63. The van der Waals surface area contributed by atoms with Crippen molar-refractivity contribution in [3.8, 4) is 55.6 Å². The zero-order chi connectivity index (χ0) is 81.9. The van der Waals surface area contributed by atoms with Crippen LogP contribution in [0.2, 0.25) is 0 Å². The van der Waals surface area contributed by atoms with Crippen molar-refractivity contribution < 1.29 is 0 Å². The highest BCUT2D eigenvalue weighted by molar-refractivity contribution is 6.15. The average molecular weight is 1600 g/mol. The van der Waals surface area contributed by atoms with Gasteiger partial charge in [-0.05, 0) is 283 Å². The Balaban J connectivity index is 0.552. The van der Waals surface area contributed by atoms with Gasteiger partial charge in [0.05, 0.1) is 99.3 Å². The summed E-state index contributed by atoms with van der Waals surface area (Å²) >= 11 is 0. The van der Waals surface area contributed by atoms with E-state index in [1.54, 1.807) is 0 Å². The molecule has 15 heteroatoms. The molecule has 0 N–H and O–H groups in total. The van der Waals surface area contributed by atoms with E-state index in [1.807, 2.05) is 0 Å². The highest BCUT2D eigenvalue weighted by atomic mass is 15.3. The lowest BCUT2D eigenvalue weighted by atomic mass is 9.85. The summed E-state index contributed by atoms with van der Waals surface area (Å²) in [6.45, 7) is 13.6. The minimum absolute atomic E-state index is 0.0194. The predicted octanol–water partition coefficient (Wildman–Crippen LogP) is 27.0. The summed E-state index contributed by atoms with van der Waals surface area (Å²) in [5.41, 5.74) is 37.1. The minimum atomic E-state index is -0.0194. The quantitative estimate of drug-likeness (QED) is 0.164. The zero-order valence-corrected chi connectivity index (χ0v) is 68.7. The number of imidazole rings is 12. The van der Waals surface area contributed by atoms with Gasteiger partial charge in [0.2, 0.25) is 34.7 Å². The van der Waals surface area contributed by atoms with Crippen molar-refractivity contribution in [2.75, 3.05) is 0 Å². The highest BCUT2D eigenvalue weighted by Crippen LogP contribution is 2.47. The van der Waals surface area contributed by atoms with Crippen LogP contribution in [0.1, 0.15) is 57.2 Å². The molecule has 0 fully saturated rings. The molecule has 30 aromatic rings. The number of aryl methyl sites for hydroxylation is 1. The molecule has 0 bridgehead atoms. The van der Waals surface area contributed by atoms with Crippen molar-refractivity contribution in [3.63, 3.8) is 0 Å². The van der Waals surface area contributed by atoms with E-state index in [9.17, 15) is 0 Å². The Bertz CT molecular complexity index is 10100. The van der Waals surface area contributed by atoms with Crippen LogP contribution in [-0.4, -0.2) is 69.5 Å². The van der Waals surface area contributed by atoms with Crippen LogP contribution in [0.25, 0.3) is 271 Å². The van der Waals surface area contributed by atoms with Gasteiger partial charge in [-0.3, -0.25) is 26.4 Å². The van der Waals surface area contributed by atoms with Crippen molar-refractivity contribution in [3.05, 3.63) is 320 Å². The van der Waals surface area contributed by atoms with Crippen LogP contribution >= 0.6 is 0 Å². The molecule has 584 valence electrons. The molecule has 30 rings (SSSR count). The van der Waals surface area contributed by atoms with Crippen molar-refractivity contribution in [1.29, 1.82) is 0 Å². The number of rotatable bonds is 6. The summed E-state index contributed by atoms with van der Waals surface area (Å²) in [7, 11) is 0. The molecule has 0 aliphatic carbocycles. The molecule has 12 aromatic heterocycles. The normalized spacial score (nSPS) is 13.1. The Labute approximate surface area is 708 Å². The van der Waals surface area contributed by atoms with Gasteiger partial charge in [0.15, 0.2) is 0 Å². The van der Waals surface area contributed by atoms with Crippen LogP contribution in [0.3, 0.4) is 0 Å². The molecule has 0 radical (unpaired) electrons. The summed E-state index contributed by atoms with van der Waals surface area (Å²) in [6.07, 6.45) is 0. The smallest absolute Gasteiger partial charge is 0.223 e. The molecule has 0 aliphatic rings. The van der Waals surface area contributed by atoms with Gasteiger partial charge in [0.1, 0.15) is 16.6 Å². The molecule has 0 saturated heterocycles. The van der Waals surface area contributed by atoms with E-state index in [4.69, 9.17) is 29.9 Å². The Morgan fingerprint density at radius 2 is 0.472 bits per heavy atom. The second-order valence-electron chi connectivity index (χ2n) is 36.5. The summed E-state index contributed by atoms with van der Waals surface area (Å²) < 4.78 is 21.1. The molecule has 125 heavy (non-hydrogen) atoms. The van der Waals surface area contributed by atoms with Crippen LogP contribution in [0.15, 0.2) is 303 Å². The van der Waals surface area contributed by atoms with Crippen molar-refractivity contribution >= 4 is 215 Å². The van der Waals surface area contributed by atoms with Crippen LogP contribution in [0.4, 0.5) is 0 Å². The third kappa shape index (κ3) is 8.81. The number of fused-ring (bicyclic) bond motifs is 36. The van der Waals surface area contributed by atoms with Gasteiger partial charge in [-0.25, -0.2) is 43.1 Å². The lowest BCUT2D eigenvalue weighted by Gasteiger charge is -2.20. The first kappa shape index (κ1) is 66.5. The monoisotopic (exact) mass is 1600 g/mol. The number of benzene rings is 18. The first-order valence-electron chi connectivity index (χ1n) is 43.1. The third-order valence-electron chi connectivity index (χ3n) is 27.9. The van der Waals surface area contributed by atoms with E-state index in [1.165, 1.54) is 54.9 Å². The van der Waals surface area contributed by atoms with Gasteiger partial charge in [-0.1, -0.05) is 210 Å². The second-order valence-corrected chi connectivity index (χ2v) is 36.5. The fourth-order valence-electron chi connectivity index (χ4n) is 21.7. The van der Waals surface area contributed by atoms with E-state index in [2.05, 4.69) is 384 Å². The summed E-state index contributed by atoms with van der Waals surface area (Å²) in [6, 6.07) is 113. The Morgan fingerprint density at radius 3 is 0.776 bits per heavy atom. The van der Waals surface area contributed by atoms with E-state index in [0.717, 1.165) is 233 Å². The van der Waals surface area contributed by atoms with Crippen molar-refractivity contribution in [1.82, 2.24) is 69.5 Å². The topological polar surface area (TPSA) is 117 Å². The SMILES string of the molecule is Cc1cccc(-c2cc3c4c(c2)n2c5cc6cc(-c7ccc8cc9nc%10n(c9cc8c7)c7cc(-c8cccc(C(C)C)c8)cc8c7n%10c7nc9cc%10ccc(-c%11ccc%12cc%13nc%14n(c%13cc%12c%11)c%11cc(-c%12cccc(C(C)(C)C)c%12)cc%12c%11n%14c%11nc%13cc%14ccccc%14cc%13n%12%11)cc%10cc9n87)ccc6cc5nc2n4c2nc4cc5ccccc5cc4n32)c1. The van der Waals surface area contributed by atoms with E-state index < -0.39 is 0 Å². The van der Waals surface area contributed by atoms with Crippen LogP contribution in [-0.2, 0) is 5.41 Å². The number of hydrogen-bond acceptors (Lipinski definition) is 6. The minimum Gasteiger partial charge on any atom is -0.276 e. The second kappa shape index (κ2) is 22.9. The molecular formula is C110H69N15. The molecule has 0 unspecified atom stereocenters. The van der Waals surface area contributed by atoms with Crippen molar-refractivity contribution in [2.45, 2.75) is 52.9 Å². The largest absolute Gasteiger partial charge is 0.276 e. The van der Waals surface area contributed by atoms with Gasteiger partial charge in [-0.15, -0.1) is 0 Å². The molecular weight excluding hydrogens is 1530 g/mol.